The van der Waals surface area contributed by atoms with Gasteiger partial charge in [0.2, 0.25) is 0 Å². The van der Waals surface area contributed by atoms with E-state index in [1.807, 2.05) is 6.07 Å². The highest BCUT2D eigenvalue weighted by molar-refractivity contribution is 7.92. The molecule has 0 spiro atoms. The van der Waals surface area contributed by atoms with Crippen molar-refractivity contribution >= 4 is 33.0 Å². The molecule has 6 nitrogen and oxygen atoms in total. The van der Waals surface area contributed by atoms with E-state index in [1.165, 1.54) is 32.0 Å². The summed E-state index contributed by atoms with van der Waals surface area (Å²) in [5, 5.41) is 21.3. The van der Waals surface area contributed by atoms with Crippen molar-refractivity contribution in [3.63, 3.8) is 0 Å². The maximum absolute atomic E-state index is 13.1. The third kappa shape index (κ3) is 5.55. The Hall–Kier alpha value is -2.61. The minimum atomic E-state index is -4.77. The molecule has 0 bridgehead atoms. The van der Waals surface area contributed by atoms with Crippen LogP contribution >= 0.6 is 11.6 Å². The number of carbonyl (C=O) groups excluding carboxylic acids is 1. The summed E-state index contributed by atoms with van der Waals surface area (Å²) >= 11 is 5.91. The first kappa shape index (κ1) is 24.7. The molecule has 11 heteroatoms. The average molecular weight is 475 g/mol. The van der Waals surface area contributed by atoms with Crippen LogP contribution in [0.2, 0.25) is 5.02 Å². The van der Waals surface area contributed by atoms with Gasteiger partial charge in [-0.3, -0.25) is 4.79 Å². The zero-order chi connectivity index (χ0) is 23.6. The van der Waals surface area contributed by atoms with Crippen LogP contribution in [0.3, 0.4) is 0 Å². The number of sulfone groups is 1. The molecule has 0 saturated carbocycles. The molecule has 2 aromatic carbocycles. The van der Waals surface area contributed by atoms with Crippen LogP contribution in [0.4, 0.5) is 18.9 Å². The number of hydrogen-bond acceptors (Lipinski definition) is 5. The summed E-state index contributed by atoms with van der Waals surface area (Å²) in [5.41, 5.74) is -4.40. The molecule has 2 aromatic rings. The molecular weight excluding hydrogens is 457 g/mol. The first-order chi connectivity index (χ1) is 14.2. The van der Waals surface area contributed by atoms with E-state index >= 15 is 0 Å². The standard InChI is InChI=1S/C20H18ClF3N2O4S/c1-12(2)31(29,30)11-19(28,14-4-3-5-15(8-14)20(22,23)24)18(27)26-16-7-6-13(10-25)17(21)9-16/h3-9,12,28H,11H2,1-2H3,(H,26,27). The second-order valence-electron chi connectivity index (χ2n) is 7.06. The van der Waals surface area contributed by atoms with Crippen LogP contribution < -0.4 is 5.32 Å². The molecule has 31 heavy (non-hydrogen) atoms. The molecule has 1 amide bonds. The van der Waals surface area contributed by atoms with Gasteiger partial charge < -0.3 is 10.4 Å². The highest BCUT2D eigenvalue weighted by atomic mass is 35.5. The third-order valence-electron chi connectivity index (χ3n) is 4.52. The lowest BCUT2D eigenvalue weighted by molar-refractivity contribution is -0.138. The zero-order valence-electron chi connectivity index (χ0n) is 16.4. The molecular formula is C20H18ClF3N2O4S. The molecule has 0 aromatic heterocycles. The minimum Gasteiger partial charge on any atom is -0.374 e. The summed E-state index contributed by atoms with van der Waals surface area (Å²) in [6, 6.07) is 8.85. The normalized spacial score (nSPS) is 14.0. The number of hydrogen-bond donors (Lipinski definition) is 2. The number of alkyl halides is 3. The number of halogens is 4. The van der Waals surface area contributed by atoms with Crippen molar-refractivity contribution in [1.29, 1.82) is 5.26 Å². The van der Waals surface area contributed by atoms with E-state index in [0.717, 1.165) is 18.2 Å². The van der Waals surface area contributed by atoms with E-state index in [0.29, 0.717) is 6.07 Å². The monoisotopic (exact) mass is 474 g/mol. The van der Waals surface area contributed by atoms with Gasteiger partial charge in [-0.1, -0.05) is 23.7 Å². The molecule has 0 heterocycles. The van der Waals surface area contributed by atoms with Crippen LogP contribution in [-0.4, -0.2) is 30.4 Å². The Morgan fingerprint density at radius 3 is 2.32 bits per heavy atom. The largest absolute Gasteiger partial charge is 0.416 e. The van der Waals surface area contributed by atoms with Gasteiger partial charge in [0.05, 0.1) is 27.2 Å². The Morgan fingerprint density at radius 2 is 1.81 bits per heavy atom. The van der Waals surface area contributed by atoms with Crippen molar-refractivity contribution in [2.45, 2.75) is 30.9 Å². The molecule has 1 atom stereocenters. The summed E-state index contributed by atoms with van der Waals surface area (Å²) in [7, 11) is -4.07. The van der Waals surface area contributed by atoms with Crippen LogP contribution in [0.5, 0.6) is 0 Å². The van der Waals surface area contributed by atoms with Crippen molar-refractivity contribution in [1.82, 2.24) is 0 Å². The number of aliphatic hydroxyl groups is 1. The average Bonchev–Trinajstić information content (AvgIpc) is 2.67. The Morgan fingerprint density at radius 1 is 1.19 bits per heavy atom. The number of carbonyl (C=O) groups is 1. The maximum atomic E-state index is 13.1. The Balaban J connectivity index is 2.56. The smallest absolute Gasteiger partial charge is 0.374 e. The van der Waals surface area contributed by atoms with Gasteiger partial charge >= 0.3 is 6.18 Å². The summed E-state index contributed by atoms with van der Waals surface area (Å²) in [5.74, 6) is -2.41. The maximum Gasteiger partial charge on any atom is 0.416 e. The lowest BCUT2D eigenvalue weighted by atomic mass is 9.93. The van der Waals surface area contributed by atoms with Gasteiger partial charge in [-0.2, -0.15) is 18.4 Å². The molecule has 0 aliphatic heterocycles. The summed E-state index contributed by atoms with van der Waals surface area (Å²) in [4.78, 5) is 12.9. The van der Waals surface area contributed by atoms with Crippen molar-refractivity contribution in [2.75, 3.05) is 11.1 Å². The summed E-state index contributed by atoms with van der Waals surface area (Å²) in [6.45, 7) is 2.64. The lowest BCUT2D eigenvalue weighted by Gasteiger charge is -2.28. The fourth-order valence-corrected chi connectivity index (χ4v) is 4.04. The van der Waals surface area contributed by atoms with E-state index in [1.54, 1.807) is 0 Å². The van der Waals surface area contributed by atoms with Crippen molar-refractivity contribution in [2.24, 2.45) is 0 Å². The molecule has 2 N–H and O–H groups in total. The van der Waals surface area contributed by atoms with E-state index in [-0.39, 0.29) is 16.3 Å². The molecule has 2 rings (SSSR count). The second-order valence-corrected chi connectivity index (χ2v) is 10.0. The predicted octanol–water partition coefficient (Wildman–Crippen LogP) is 3.88. The molecule has 0 fully saturated rings. The summed E-state index contributed by atoms with van der Waals surface area (Å²) < 4.78 is 64.4. The molecule has 0 aliphatic carbocycles. The number of nitriles is 1. The Kier molecular flexibility index (Phi) is 7.05. The highest BCUT2D eigenvalue weighted by Crippen LogP contribution is 2.34. The molecule has 0 radical (unpaired) electrons. The topological polar surface area (TPSA) is 107 Å². The molecule has 1 unspecified atom stereocenters. The number of nitrogens with one attached hydrogen (secondary N) is 1. The number of nitrogens with zero attached hydrogens (tertiary/aromatic N) is 1. The molecule has 0 aliphatic rings. The van der Waals surface area contributed by atoms with E-state index in [4.69, 9.17) is 16.9 Å². The van der Waals surface area contributed by atoms with E-state index in [2.05, 4.69) is 5.32 Å². The first-order valence-electron chi connectivity index (χ1n) is 8.83. The lowest BCUT2D eigenvalue weighted by Crippen LogP contribution is -2.47. The van der Waals surface area contributed by atoms with Crippen molar-refractivity contribution in [3.8, 4) is 6.07 Å². The SMILES string of the molecule is CC(C)S(=O)(=O)CC(O)(C(=O)Nc1ccc(C#N)c(Cl)c1)c1cccc(C(F)(F)F)c1. The van der Waals surface area contributed by atoms with Crippen LogP contribution in [0.15, 0.2) is 42.5 Å². The van der Waals surface area contributed by atoms with Crippen LogP contribution in [0.25, 0.3) is 0 Å². The van der Waals surface area contributed by atoms with Gasteiger partial charge in [-0.25, -0.2) is 8.42 Å². The fraction of sp³-hybridized carbons (Fsp3) is 0.300. The number of anilines is 1. The van der Waals surface area contributed by atoms with Crippen molar-refractivity contribution in [3.05, 3.63) is 64.2 Å². The van der Waals surface area contributed by atoms with Crippen LogP contribution in [-0.2, 0) is 26.4 Å². The van der Waals surface area contributed by atoms with Gasteiger partial charge in [-0.15, -0.1) is 0 Å². The molecule has 166 valence electrons. The quantitative estimate of drug-likeness (QED) is 0.660. The first-order valence-corrected chi connectivity index (χ1v) is 10.9. The highest BCUT2D eigenvalue weighted by Gasteiger charge is 2.44. The third-order valence-corrected chi connectivity index (χ3v) is 7.09. The number of amides is 1. The molecule has 0 saturated heterocycles. The van der Waals surface area contributed by atoms with Crippen LogP contribution in [0, 0.1) is 11.3 Å². The van der Waals surface area contributed by atoms with Gasteiger partial charge in [0.15, 0.2) is 15.4 Å². The number of rotatable bonds is 6. The fourth-order valence-electron chi connectivity index (χ4n) is 2.61. The van der Waals surface area contributed by atoms with Crippen LogP contribution in [0.1, 0.15) is 30.5 Å². The van der Waals surface area contributed by atoms with Gasteiger partial charge in [0.25, 0.3) is 5.91 Å². The Bertz CT molecular complexity index is 1140. The Labute approximate surface area is 182 Å². The zero-order valence-corrected chi connectivity index (χ0v) is 17.9. The number of benzene rings is 2. The van der Waals surface area contributed by atoms with Crippen molar-refractivity contribution < 1.29 is 31.5 Å². The van der Waals surface area contributed by atoms with E-state index in [9.17, 15) is 31.5 Å². The van der Waals surface area contributed by atoms with Gasteiger partial charge in [-0.05, 0) is 49.7 Å². The second kappa shape index (κ2) is 8.86. The summed E-state index contributed by atoms with van der Waals surface area (Å²) in [6.07, 6.45) is -4.77. The van der Waals surface area contributed by atoms with E-state index < -0.39 is 49.7 Å². The minimum absolute atomic E-state index is 0.0151. The van der Waals surface area contributed by atoms with Gasteiger partial charge in [0, 0.05) is 5.69 Å². The van der Waals surface area contributed by atoms with Gasteiger partial charge in [0.1, 0.15) is 6.07 Å². The predicted molar refractivity (Wildman–Crippen MR) is 109 cm³/mol.